The maximum atomic E-state index is 12.5. The molecule has 0 spiro atoms. The Kier molecular flexibility index (Phi) is 4.15. The van der Waals surface area contributed by atoms with Gasteiger partial charge in [-0.25, -0.2) is 0 Å². The number of likely N-dealkylation sites (N-methyl/N-ethyl adjacent to an activating group) is 1. The second kappa shape index (κ2) is 5.99. The number of furan rings is 1. The zero-order valence-corrected chi connectivity index (χ0v) is 13.4. The lowest BCUT2D eigenvalue weighted by Gasteiger charge is -2.15. The number of rotatable bonds is 5. The van der Waals surface area contributed by atoms with Crippen LogP contribution in [0.5, 0.6) is 0 Å². The average Bonchev–Trinajstić information content (AvgIpc) is 2.92. The summed E-state index contributed by atoms with van der Waals surface area (Å²) in [5.41, 5.74) is -1.01. The minimum Gasteiger partial charge on any atom is -0.464 e. The quantitative estimate of drug-likeness (QED) is 0.839. The summed E-state index contributed by atoms with van der Waals surface area (Å²) in [6, 6.07) is 4.60. The van der Waals surface area contributed by atoms with Crippen LogP contribution < -0.4 is 0 Å². The number of carbonyl (C=O) groups is 1. The Morgan fingerprint density at radius 3 is 2.71 bits per heavy atom. The van der Waals surface area contributed by atoms with Crippen molar-refractivity contribution >= 4 is 5.91 Å². The van der Waals surface area contributed by atoms with Crippen molar-refractivity contribution in [1.29, 1.82) is 0 Å². The lowest BCUT2D eigenvalue weighted by Crippen LogP contribution is -2.30. The molecular weight excluding hydrogens is 323 g/mol. The van der Waals surface area contributed by atoms with E-state index in [9.17, 15) is 18.0 Å². The minimum atomic E-state index is -4.51. The normalized spacial score (nSPS) is 20.2. The summed E-state index contributed by atoms with van der Waals surface area (Å²) in [6.45, 7) is 2.18. The van der Waals surface area contributed by atoms with Crippen molar-refractivity contribution in [3.63, 3.8) is 0 Å². The second-order valence-corrected chi connectivity index (χ2v) is 6.27. The molecule has 1 aliphatic carbocycles. The molecule has 0 aromatic carbocycles. The lowest BCUT2D eigenvalue weighted by atomic mass is 10.3. The highest BCUT2D eigenvalue weighted by molar-refractivity contribution is 5.75. The molecule has 2 heterocycles. The van der Waals surface area contributed by atoms with Crippen molar-refractivity contribution in [3.05, 3.63) is 41.6 Å². The summed E-state index contributed by atoms with van der Waals surface area (Å²) >= 11 is 0. The molecule has 5 nitrogen and oxygen atoms in total. The summed E-state index contributed by atoms with van der Waals surface area (Å²) < 4.78 is 44.2. The second-order valence-electron chi connectivity index (χ2n) is 6.27. The monoisotopic (exact) mass is 341 g/mol. The van der Waals surface area contributed by atoms with Crippen LogP contribution in [0.3, 0.4) is 0 Å². The van der Waals surface area contributed by atoms with Crippen molar-refractivity contribution < 1.29 is 22.4 Å². The van der Waals surface area contributed by atoms with Gasteiger partial charge in [0.25, 0.3) is 0 Å². The molecule has 2 aromatic rings. The van der Waals surface area contributed by atoms with Gasteiger partial charge in [-0.1, -0.05) is 6.92 Å². The Morgan fingerprint density at radius 2 is 2.12 bits per heavy atom. The molecular formula is C16H18F3N3O2. The summed E-state index contributed by atoms with van der Waals surface area (Å²) in [7, 11) is 1.58. The number of aromatic nitrogens is 2. The van der Waals surface area contributed by atoms with Gasteiger partial charge in [-0.2, -0.15) is 18.3 Å². The highest BCUT2D eigenvalue weighted by Crippen LogP contribution is 2.47. The van der Waals surface area contributed by atoms with E-state index in [1.165, 1.54) is 4.90 Å². The molecule has 0 radical (unpaired) electrons. The molecule has 1 aliphatic rings. The third kappa shape index (κ3) is 3.63. The predicted molar refractivity (Wildman–Crippen MR) is 78.9 cm³/mol. The smallest absolute Gasteiger partial charge is 0.435 e. The number of amides is 1. The standard InChI is InChI=1S/C16H18F3N3O2/c1-10-7-12(10)13-4-3-11(24-13)8-21(2)15(23)9-22-6-5-14(20-22)16(17,18)19/h3-6,10,12H,7-9H2,1-2H3/t10-,12-/m1/s1. The van der Waals surface area contributed by atoms with Crippen LogP contribution in [0.2, 0.25) is 0 Å². The molecule has 0 aliphatic heterocycles. The van der Waals surface area contributed by atoms with Gasteiger partial charge >= 0.3 is 6.18 Å². The van der Waals surface area contributed by atoms with Crippen molar-refractivity contribution in [3.8, 4) is 0 Å². The van der Waals surface area contributed by atoms with Gasteiger partial charge in [0.05, 0.1) is 6.54 Å². The van der Waals surface area contributed by atoms with Crippen LogP contribution in [-0.2, 0) is 24.1 Å². The molecule has 8 heteroatoms. The first-order valence-corrected chi connectivity index (χ1v) is 7.67. The highest BCUT2D eigenvalue weighted by atomic mass is 19.4. The zero-order chi connectivity index (χ0) is 17.5. The lowest BCUT2D eigenvalue weighted by molar-refractivity contribution is -0.142. The van der Waals surface area contributed by atoms with Crippen LogP contribution in [0.1, 0.15) is 36.5 Å². The molecule has 0 bridgehead atoms. The first kappa shape index (κ1) is 16.6. The summed E-state index contributed by atoms with van der Waals surface area (Å²) in [4.78, 5) is 13.5. The molecule has 1 saturated carbocycles. The first-order valence-electron chi connectivity index (χ1n) is 7.67. The van der Waals surface area contributed by atoms with Crippen molar-refractivity contribution in [2.75, 3.05) is 7.05 Å². The van der Waals surface area contributed by atoms with Gasteiger partial charge in [-0.15, -0.1) is 0 Å². The van der Waals surface area contributed by atoms with Gasteiger partial charge in [0.2, 0.25) is 5.91 Å². The maximum absolute atomic E-state index is 12.5. The van der Waals surface area contributed by atoms with Crippen LogP contribution in [0.25, 0.3) is 0 Å². The number of carbonyl (C=O) groups excluding carboxylic acids is 1. The minimum absolute atomic E-state index is 0.250. The molecule has 1 fully saturated rings. The van der Waals surface area contributed by atoms with Crippen molar-refractivity contribution in [1.82, 2.24) is 14.7 Å². The molecule has 130 valence electrons. The summed E-state index contributed by atoms with van der Waals surface area (Å²) in [5.74, 6) is 2.34. The molecule has 0 saturated heterocycles. The summed E-state index contributed by atoms with van der Waals surface area (Å²) in [6.07, 6.45) is -2.25. The van der Waals surface area contributed by atoms with Gasteiger partial charge in [-0.3, -0.25) is 9.48 Å². The van der Waals surface area contributed by atoms with E-state index < -0.39 is 11.9 Å². The van der Waals surface area contributed by atoms with Crippen LogP contribution in [0, 0.1) is 5.92 Å². The molecule has 1 amide bonds. The molecule has 24 heavy (non-hydrogen) atoms. The fourth-order valence-electron chi connectivity index (χ4n) is 2.58. The van der Waals surface area contributed by atoms with Crippen LogP contribution >= 0.6 is 0 Å². The molecule has 2 atom stereocenters. The predicted octanol–water partition coefficient (Wildman–Crippen LogP) is 3.28. The Balaban J connectivity index is 1.56. The molecule has 2 aromatic heterocycles. The Labute approximate surface area is 137 Å². The van der Waals surface area contributed by atoms with E-state index >= 15 is 0 Å². The molecule has 3 rings (SSSR count). The SMILES string of the molecule is C[C@@H]1C[C@H]1c1ccc(CN(C)C(=O)Cn2ccc(C(F)(F)F)n2)o1. The van der Waals surface area contributed by atoms with Gasteiger partial charge in [0.15, 0.2) is 5.69 Å². The van der Waals surface area contributed by atoms with E-state index in [1.807, 2.05) is 12.1 Å². The van der Waals surface area contributed by atoms with Gasteiger partial charge in [-0.05, 0) is 30.5 Å². The molecule has 0 unspecified atom stereocenters. The van der Waals surface area contributed by atoms with Gasteiger partial charge in [0, 0.05) is 19.2 Å². The van der Waals surface area contributed by atoms with E-state index in [0.717, 1.165) is 29.1 Å². The fraction of sp³-hybridized carbons (Fsp3) is 0.500. The zero-order valence-electron chi connectivity index (χ0n) is 13.4. The van der Waals surface area contributed by atoms with Crippen molar-refractivity contribution in [2.45, 2.75) is 38.5 Å². The topological polar surface area (TPSA) is 51.3 Å². The highest BCUT2D eigenvalue weighted by Gasteiger charge is 2.36. The van der Waals surface area contributed by atoms with E-state index in [0.29, 0.717) is 17.6 Å². The third-order valence-corrected chi connectivity index (χ3v) is 4.20. The Hall–Kier alpha value is -2.25. The van der Waals surface area contributed by atoms with E-state index in [1.54, 1.807) is 7.05 Å². The molecule has 0 N–H and O–H groups in total. The van der Waals surface area contributed by atoms with E-state index in [-0.39, 0.29) is 19.0 Å². The number of alkyl halides is 3. The fourth-order valence-corrected chi connectivity index (χ4v) is 2.58. The van der Waals surface area contributed by atoms with Gasteiger partial charge < -0.3 is 9.32 Å². The van der Waals surface area contributed by atoms with Crippen LogP contribution in [-0.4, -0.2) is 27.6 Å². The van der Waals surface area contributed by atoms with Gasteiger partial charge in [0.1, 0.15) is 18.1 Å². The van der Waals surface area contributed by atoms with Crippen LogP contribution in [0.4, 0.5) is 13.2 Å². The van der Waals surface area contributed by atoms with Crippen LogP contribution in [0.15, 0.2) is 28.8 Å². The number of hydrogen-bond acceptors (Lipinski definition) is 3. The Morgan fingerprint density at radius 1 is 1.42 bits per heavy atom. The number of halogens is 3. The first-order chi connectivity index (χ1) is 11.2. The Bertz CT molecular complexity index is 735. The van der Waals surface area contributed by atoms with E-state index in [4.69, 9.17) is 4.42 Å². The maximum Gasteiger partial charge on any atom is 0.435 e. The average molecular weight is 341 g/mol. The van der Waals surface area contributed by atoms with Crippen molar-refractivity contribution in [2.24, 2.45) is 5.92 Å². The number of hydrogen-bond donors (Lipinski definition) is 0. The largest absolute Gasteiger partial charge is 0.464 e. The summed E-state index contributed by atoms with van der Waals surface area (Å²) in [5, 5.41) is 3.38. The van der Waals surface area contributed by atoms with E-state index in [2.05, 4.69) is 12.0 Å². The number of nitrogens with zero attached hydrogens (tertiary/aromatic N) is 3. The third-order valence-electron chi connectivity index (χ3n) is 4.20.